The van der Waals surface area contributed by atoms with Gasteiger partial charge in [-0.2, -0.15) is 0 Å². The number of aromatic hydroxyl groups is 1. The number of carbonyl (C=O) groups is 2. The SMILES string of the molecule is CNC(=O)C(=O)Nc1ccc(N)cc1O. The molecule has 0 bridgehead atoms. The van der Waals surface area contributed by atoms with Gasteiger partial charge < -0.3 is 21.5 Å². The highest BCUT2D eigenvalue weighted by molar-refractivity contribution is 6.39. The predicted octanol–water partition coefficient (Wildman–Crippen LogP) is -0.341. The summed E-state index contributed by atoms with van der Waals surface area (Å²) in [5.41, 5.74) is 5.90. The Hall–Kier alpha value is -2.24. The van der Waals surface area contributed by atoms with Crippen molar-refractivity contribution in [1.29, 1.82) is 0 Å². The van der Waals surface area contributed by atoms with Crippen LogP contribution in [0.4, 0.5) is 11.4 Å². The zero-order valence-electron chi connectivity index (χ0n) is 8.07. The first-order valence-electron chi connectivity index (χ1n) is 4.16. The molecule has 0 aliphatic carbocycles. The topological polar surface area (TPSA) is 104 Å². The Morgan fingerprint density at radius 1 is 1.33 bits per heavy atom. The molecule has 1 rings (SSSR count). The summed E-state index contributed by atoms with van der Waals surface area (Å²) in [7, 11) is 1.34. The van der Waals surface area contributed by atoms with Gasteiger partial charge in [0.15, 0.2) is 0 Å². The fourth-order valence-electron chi connectivity index (χ4n) is 0.947. The third-order valence-corrected chi connectivity index (χ3v) is 1.70. The van der Waals surface area contributed by atoms with Gasteiger partial charge in [0, 0.05) is 18.8 Å². The van der Waals surface area contributed by atoms with E-state index in [9.17, 15) is 14.7 Å². The van der Waals surface area contributed by atoms with Crippen molar-refractivity contribution in [3.8, 4) is 5.75 Å². The molecule has 80 valence electrons. The number of hydrogen-bond acceptors (Lipinski definition) is 4. The molecule has 0 unspecified atom stereocenters. The molecule has 0 saturated heterocycles. The van der Waals surface area contributed by atoms with Gasteiger partial charge in [-0.15, -0.1) is 0 Å². The number of carbonyl (C=O) groups excluding carboxylic acids is 2. The smallest absolute Gasteiger partial charge is 0.313 e. The lowest BCUT2D eigenvalue weighted by molar-refractivity contribution is -0.135. The Morgan fingerprint density at radius 3 is 2.53 bits per heavy atom. The molecular weight excluding hydrogens is 198 g/mol. The third-order valence-electron chi connectivity index (χ3n) is 1.70. The number of anilines is 2. The van der Waals surface area contributed by atoms with Crippen molar-refractivity contribution in [2.45, 2.75) is 0 Å². The Labute approximate surface area is 86.1 Å². The lowest BCUT2D eigenvalue weighted by Crippen LogP contribution is -2.32. The average Bonchev–Trinajstić information content (AvgIpc) is 2.20. The average molecular weight is 209 g/mol. The summed E-state index contributed by atoms with van der Waals surface area (Å²) >= 11 is 0. The van der Waals surface area contributed by atoms with E-state index in [1.165, 1.54) is 25.2 Å². The number of benzene rings is 1. The van der Waals surface area contributed by atoms with Crippen molar-refractivity contribution in [2.75, 3.05) is 18.1 Å². The molecular formula is C9H11N3O3. The minimum Gasteiger partial charge on any atom is -0.506 e. The van der Waals surface area contributed by atoms with E-state index in [2.05, 4.69) is 10.6 Å². The molecule has 1 aromatic carbocycles. The van der Waals surface area contributed by atoms with Gasteiger partial charge in [0.1, 0.15) is 5.75 Å². The van der Waals surface area contributed by atoms with Crippen LogP contribution in [0.2, 0.25) is 0 Å². The fraction of sp³-hybridized carbons (Fsp3) is 0.111. The summed E-state index contributed by atoms with van der Waals surface area (Å²) in [6, 6.07) is 4.18. The van der Waals surface area contributed by atoms with Crippen LogP contribution in [0.15, 0.2) is 18.2 Å². The molecule has 0 atom stereocenters. The molecule has 0 radical (unpaired) electrons. The zero-order chi connectivity index (χ0) is 11.4. The highest BCUT2D eigenvalue weighted by Crippen LogP contribution is 2.24. The summed E-state index contributed by atoms with van der Waals surface area (Å²) in [6.07, 6.45) is 0. The van der Waals surface area contributed by atoms with Crippen LogP contribution in [0.25, 0.3) is 0 Å². The van der Waals surface area contributed by atoms with E-state index in [4.69, 9.17) is 5.73 Å². The van der Waals surface area contributed by atoms with Crippen LogP contribution < -0.4 is 16.4 Å². The maximum atomic E-state index is 11.1. The van der Waals surface area contributed by atoms with Gasteiger partial charge in [-0.25, -0.2) is 0 Å². The summed E-state index contributed by atoms with van der Waals surface area (Å²) in [5, 5.41) is 13.8. The first kappa shape index (κ1) is 10.8. The molecule has 1 aromatic rings. The summed E-state index contributed by atoms with van der Waals surface area (Å²) in [5.74, 6) is -1.82. The Bertz CT molecular complexity index is 404. The van der Waals surface area contributed by atoms with Crippen molar-refractivity contribution >= 4 is 23.2 Å². The number of likely N-dealkylation sites (N-methyl/N-ethyl adjacent to an activating group) is 1. The summed E-state index contributed by atoms with van der Waals surface area (Å²) in [4.78, 5) is 22.0. The largest absolute Gasteiger partial charge is 0.506 e. The van der Waals surface area contributed by atoms with E-state index < -0.39 is 11.8 Å². The number of nitrogens with two attached hydrogens (primary N) is 1. The number of amides is 2. The second-order valence-corrected chi connectivity index (χ2v) is 2.81. The first-order chi connectivity index (χ1) is 7.04. The van der Waals surface area contributed by atoms with Gasteiger partial charge in [-0.3, -0.25) is 9.59 Å². The lowest BCUT2D eigenvalue weighted by Gasteiger charge is -2.06. The van der Waals surface area contributed by atoms with E-state index in [1.54, 1.807) is 0 Å². The molecule has 0 saturated carbocycles. The number of rotatable bonds is 1. The molecule has 0 fully saturated rings. The fourth-order valence-corrected chi connectivity index (χ4v) is 0.947. The van der Waals surface area contributed by atoms with E-state index in [0.717, 1.165) is 0 Å². The molecule has 2 amide bonds. The highest BCUT2D eigenvalue weighted by Gasteiger charge is 2.13. The van der Waals surface area contributed by atoms with Crippen molar-refractivity contribution in [1.82, 2.24) is 5.32 Å². The predicted molar refractivity (Wildman–Crippen MR) is 55.2 cm³/mol. The molecule has 15 heavy (non-hydrogen) atoms. The van der Waals surface area contributed by atoms with Crippen LogP contribution in [0, 0.1) is 0 Å². The standard InChI is InChI=1S/C9H11N3O3/c1-11-8(14)9(15)12-6-3-2-5(10)4-7(6)13/h2-4,13H,10H2,1H3,(H,11,14)(H,12,15). The van der Waals surface area contributed by atoms with E-state index >= 15 is 0 Å². The normalized spacial score (nSPS) is 9.40. The Balaban J connectivity index is 2.81. The van der Waals surface area contributed by atoms with Gasteiger partial charge in [0.25, 0.3) is 0 Å². The monoisotopic (exact) mass is 209 g/mol. The van der Waals surface area contributed by atoms with Crippen LogP contribution in [0.5, 0.6) is 5.75 Å². The van der Waals surface area contributed by atoms with E-state index in [1.807, 2.05) is 0 Å². The summed E-state index contributed by atoms with van der Waals surface area (Å²) < 4.78 is 0. The van der Waals surface area contributed by atoms with E-state index in [0.29, 0.717) is 5.69 Å². The van der Waals surface area contributed by atoms with Crippen LogP contribution in [0.1, 0.15) is 0 Å². The number of nitrogen functional groups attached to an aromatic ring is 1. The molecule has 0 aliphatic rings. The molecule has 5 N–H and O–H groups in total. The number of phenols is 1. The molecule has 0 spiro atoms. The Morgan fingerprint density at radius 2 is 2.00 bits per heavy atom. The molecule has 6 nitrogen and oxygen atoms in total. The maximum Gasteiger partial charge on any atom is 0.313 e. The van der Waals surface area contributed by atoms with Crippen LogP contribution in [0.3, 0.4) is 0 Å². The van der Waals surface area contributed by atoms with Crippen molar-refractivity contribution < 1.29 is 14.7 Å². The molecule has 6 heteroatoms. The maximum absolute atomic E-state index is 11.1. The van der Waals surface area contributed by atoms with Crippen LogP contribution in [-0.4, -0.2) is 24.0 Å². The third kappa shape index (κ3) is 2.60. The van der Waals surface area contributed by atoms with Crippen molar-refractivity contribution in [3.63, 3.8) is 0 Å². The van der Waals surface area contributed by atoms with Gasteiger partial charge >= 0.3 is 11.8 Å². The van der Waals surface area contributed by atoms with Gasteiger partial charge in [-0.1, -0.05) is 0 Å². The van der Waals surface area contributed by atoms with Crippen molar-refractivity contribution in [2.24, 2.45) is 0 Å². The minimum absolute atomic E-state index is 0.137. The molecule has 0 aromatic heterocycles. The van der Waals surface area contributed by atoms with Crippen LogP contribution in [-0.2, 0) is 9.59 Å². The van der Waals surface area contributed by atoms with Gasteiger partial charge in [0.2, 0.25) is 0 Å². The second-order valence-electron chi connectivity index (χ2n) is 2.81. The lowest BCUT2D eigenvalue weighted by atomic mass is 10.2. The number of nitrogens with one attached hydrogen (secondary N) is 2. The highest BCUT2D eigenvalue weighted by atomic mass is 16.3. The van der Waals surface area contributed by atoms with Gasteiger partial charge in [-0.05, 0) is 12.1 Å². The quantitative estimate of drug-likeness (QED) is 0.288. The molecule has 0 heterocycles. The summed E-state index contributed by atoms with van der Waals surface area (Å²) in [6.45, 7) is 0. The Kier molecular flexibility index (Phi) is 3.12. The van der Waals surface area contributed by atoms with Crippen LogP contribution >= 0.6 is 0 Å². The van der Waals surface area contributed by atoms with E-state index in [-0.39, 0.29) is 11.4 Å². The van der Waals surface area contributed by atoms with Gasteiger partial charge in [0.05, 0.1) is 5.69 Å². The zero-order valence-corrected chi connectivity index (χ0v) is 8.07. The first-order valence-corrected chi connectivity index (χ1v) is 4.16. The minimum atomic E-state index is -0.849. The second kappa shape index (κ2) is 4.32. The molecule has 0 aliphatic heterocycles. The van der Waals surface area contributed by atoms with Crippen molar-refractivity contribution in [3.05, 3.63) is 18.2 Å². The number of hydrogen-bond donors (Lipinski definition) is 4. The number of phenolic OH excluding ortho intramolecular Hbond substituents is 1.